The van der Waals surface area contributed by atoms with Crippen LogP contribution in [-0.2, 0) is 0 Å². The van der Waals surface area contributed by atoms with Gasteiger partial charge >= 0.3 is 0 Å². The fourth-order valence-electron chi connectivity index (χ4n) is 3.16. The molecular weight excluding hydrogens is 417 g/mol. The van der Waals surface area contributed by atoms with Crippen LogP contribution in [0.3, 0.4) is 0 Å². The highest BCUT2D eigenvalue weighted by atomic mass is 32.1. The summed E-state index contributed by atoms with van der Waals surface area (Å²) < 4.78 is 24.2. The highest BCUT2D eigenvalue weighted by molar-refractivity contribution is 7.80. The molecule has 0 saturated carbocycles. The van der Waals surface area contributed by atoms with Crippen molar-refractivity contribution < 1.29 is 18.3 Å². The van der Waals surface area contributed by atoms with Gasteiger partial charge in [-0.3, -0.25) is 10.1 Å². The Morgan fingerprint density at radius 3 is 2.65 bits per heavy atom. The Labute approximate surface area is 183 Å². The summed E-state index contributed by atoms with van der Waals surface area (Å²) >= 11 is 5.28. The van der Waals surface area contributed by atoms with E-state index >= 15 is 0 Å². The number of amides is 1. The van der Waals surface area contributed by atoms with Gasteiger partial charge in [-0.15, -0.1) is 0 Å². The molecule has 8 heteroatoms. The minimum atomic E-state index is -0.376. The predicted octanol–water partition coefficient (Wildman–Crippen LogP) is 5.08. The Morgan fingerprint density at radius 1 is 1.13 bits per heavy atom. The standard InChI is InChI=1S/C23H18FN3O3S/c1-13-4-3-5-17(20(13)29-2)21(28)27-23(31)25-16-10-11-19-18(12-16)26-22(30-19)14-6-8-15(24)9-7-14/h3-12H,1-2H3,(H2,25,27,28,31). The maximum Gasteiger partial charge on any atom is 0.261 e. The number of carbonyl (C=O) groups is 1. The Balaban J connectivity index is 1.49. The molecule has 1 heterocycles. The predicted molar refractivity (Wildman–Crippen MR) is 121 cm³/mol. The van der Waals surface area contributed by atoms with E-state index < -0.39 is 0 Å². The van der Waals surface area contributed by atoms with Crippen LogP contribution < -0.4 is 15.4 Å². The van der Waals surface area contributed by atoms with Crippen LogP contribution in [0.4, 0.5) is 10.1 Å². The summed E-state index contributed by atoms with van der Waals surface area (Å²) in [5.41, 5.74) is 3.71. The average molecular weight is 435 g/mol. The molecule has 156 valence electrons. The van der Waals surface area contributed by atoms with Crippen LogP contribution in [0.5, 0.6) is 5.75 Å². The number of anilines is 1. The van der Waals surface area contributed by atoms with Crippen LogP contribution in [0, 0.1) is 12.7 Å². The zero-order valence-electron chi connectivity index (χ0n) is 16.7. The van der Waals surface area contributed by atoms with Crippen LogP contribution in [-0.4, -0.2) is 23.1 Å². The second-order valence-corrected chi connectivity index (χ2v) is 7.18. The lowest BCUT2D eigenvalue weighted by molar-refractivity contribution is 0.0974. The summed E-state index contributed by atoms with van der Waals surface area (Å²) in [5, 5.41) is 5.76. The van der Waals surface area contributed by atoms with E-state index in [1.807, 2.05) is 13.0 Å². The first-order valence-corrected chi connectivity index (χ1v) is 9.78. The van der Waals surface area contributed by atoms with Crippen molar-refractivity contribution in [3.05, 3.63) is 77.6 Å². The van der Waals surface area contributed by atoms with Gasteiger partial charge in [-0.2, -0.15) is 0 Å². The number of para-hydroxylation sites is 1. The fraction of sp³-hybridized carbons (Fsp3) is 0.0870. The molecule has 1 amide bonds. The molecule has 0 saturated heterocycles. The Morgan fingerprint density at radius 2 is 1.90 bits per heavy atom. The molecule has 0 atom stereocenters. The first-order chi connectivity index (χ1) is 14.9. The maximum atomic E-state index is 13.1. The summed E-state index contributed by atoms with van der Waals surface area (Å²) in [6.07, 6.45) is 0. The number of oxazole rings is 1. The second kappa shape index (κ2) is 8.53. The van der Waals surface area contributed by atoms with Gasteiger partial charge in [0.15, 0.2) is 10.7 Å². The number of ether oxygens (including phenoxy) is 1. The smallest absolute Gasteiger partial charge is 0.261 e. The van der Waals surface area contributed by atoms with Gasteiger partial charge < -0.3 is 14.5 Å². The molecule has 0 fully saturated rings. The van der Waals surface area contributed by atoms with E-state index in [1.165, 1.54) is 19.2 Å². The molecule has 4 aromatic rings. The van der Waals surface area contributed by atoms with Crippen molar-refractivity contribution in [2.24, 2.45) is 0 Å². The van der Waals surface area contributed by atoms with Crippen molar-refractivity contribution in [1.82, 2.24) is 10.3 Å². The van der Waals surface area contributed by atoms with Crippen LogP contribution >= 0.6 is 12.2 Å². The summed E-state index contributed by atoms with van der Waals surface area (Å²) in [4.78, 5) is 17.0. The molecule has 0 spiro atoms. The van der Waals surface area contributed by atoms with Gasteiger partial charge in [0.05, 0.1) is 12.7 Å². The van der Waals surface area contributed by atoms with Crippen molar-refractivity contribution in [2.75, 3.05) is 12.4 Å². The summed E-state index contributed by atoms with van der Waals surface area (Å²) in [5.74, 6) is 0.180. The molecule has 0 aliphatic carbocycles. The van der Waals surface area contributed by atoms with E-state index in [0.29, 0.717) is 39.6 Å². The molecule has 0 unspecified atom stereocenters. The number of aromatic nitrogens is 1. The monoisotopic (exact) mass is 435 g/mol. The van der Waals surface area contributed by atoms with E-state index in [1.54, 1.807) is 42.5 Å². The normalized spacial score (nSPS) is 10.7. The number of benzene rings is 3. The molecule has 4 rings (SSSR count). The zero-order chi connectivity index (χ0) is 22.0. The van der Waals surface area contributed by atoms with Crippen molar-refractivity contribution in [3.63, 3.8) is 0 Å². The lowest BCUT2D eigenvalue weighted by atomic mass is 10.1. The van der Waals surface area contributed by atoms with Crippen molar-refractivity contribution in [3.8, 4) is 17.2 Å². The highest BCUT2D eigenvalue weighted by Gasteiger charge is 2.15. The molecule has 0 radical (unpaired) electrons. The molecule has 31 heavy (non-hydrogen) atoms. The van der Waals surface area contributed by atoms with Crippen LogP contribution in [0.15, 0.2) is 65.1 Å². The Kier molecular flexibility index (Phi) is 5.64. The number of hydrogen-bond acceptors (Lipinski definition) is 5. The lowest BCUT2D eigenvalue weighted by Gasteiger charge is -2.13. The third-order valence-electron chi connectivity index (χ3n) is 4.62. The van der Waals surface area contributed by atoms with Crippen LogP contribution in [0.2, 0.25) is 0 Å². The molecule has 0 aliphatic rings. The summed E-state index contributed by atoms with van der Waals surface area (Å²) in [7, 11) is 1.52. The minimum Gasteiger partial charge on any atom is -0.496 e. The number of halogens is 1. The number of nitrogens with one attached hydrogen (secondary N) is 2. The first kappa shape index (κ1) is 20.5. The van der Waals surface area contributed by atoms with Crippen LogP contribution in [0.25, 0.3) is 22.6 Å². The Bertz CT molecular complexity index is 1290. The van der Waals surface area contributed by atoms with Gasteiger partial charge in [-0.1, -0.05) is 12.1 Å². The molecule has 3 aromatic carbocycles. The van der Waals surface area contributed by atoms with Gasteiger partial charge in [0.25, 0.3) is 5.91 Å². The lowest BCUT2D eigenvalue weighted by Crippen LogP contribution is -2.34. The molecule has 0 bridgehead atoms. The van der Waals surface area contributed by atoms with Crippen molar-refractivity contribution in [2.45, 2.75) is 6.92 Å². The number of methoxy groups -OCH3 is 1. The molecule has 2 N–H and O–H groups in total. The van der Waals surface area contributed by atoms with Gasteiger partial charge in [0, 0.05) is 11.3 Å². The Hall–Kier alpha value is -3.78. The molecule has 6 nitrogen and oxygen atoms in total. The first-order valence-electron chi connectivity index (χ1n) is 9.37. The highest BCUT2D eigenvalue weighted by Crippen LogP contribution is 2.26. The maximum absolute atomic E-state index is 13.1. The molecule has 0 aliphatic heterocycles. The molecular formula is C23H18FN3O3S. The molecule has 1 aromatic heterocycles. The number of nitrogens with zero attached hydrogens (tertiary/aromatic N) is 1. The van der Waals surface area contributed by atoms with Gasteiger partial charge in [0.1, 0.15) is 17.1 Å². The van der Waals surface area contributed by atoms with E-state index in [2.05, 4.69) is 15.6 Å². The minimum absolute atomic E-state index is 0.134. The number of thiocarbonyl (C=S) groups is 1. The van der Waals surface area contributed by atoms with E-state index in [4.69, 9.17) is 21.4 Å². The van der Waals surface area contributed by atoms with E-state index in [0.717, 1.165) is 5.56 Å². The third kappa shape index (κ3) is 4.39. The van der Waals surface area contributed by atoms with Crippen LogP contribution in [0.1, 0.15) is 15.9 Å². The summed E-state index contributed by atoms with van der Waals surface area (Å²) in [6.45, 7) is 1.86. The van der Waals surface area contributed by atoms with Crippen molar-refractivity contribution >= 4 is 40.0 Å². The van der Waals surface area contributed by atoms with E-state index in [9.17, 15) is 9.18 Å². The number of fused-ring (bicyclic) bond motifs is 1. The number of aryl methyl sites for hydroxylation is 1. The van der Waals surface area contributed by atoms with Gasteiger partial charge in [0.2, 0.25) is 5.89 Å². The number of carbonyl (C=O) groups excluding carboxylic acids is 1. The SMILES string of the molecule is COc1c(C)cccc1C(=O)NC(=S)Nc1ccc2oc(-c3ccc(F)cc3)nc2c1. The van der Waals surface area contributed by atoms with Gasteiger partial charge in [-0.05, 0) is 73.2 Å². The quantitative estimate of drug-likeness (QED) is 0.436. The third-order valence-corrected chi connectivity index (χ3v) is 4.83. The second-order valence-electron chi connectivity index (χ2n) is 6.77. The zero-order valence-corrected chi connectivity index (χ0v) is 17.5. The topological polar surface area (TPSA) is 76.4 Å². The summed E-state index contributed by atoms with van der Waals surface area (Å²) in [6, 6.07) is 16.5. The van der Waals surface area contributed by atoms with Crippen molar-refractivity contribution in [1.29, 1.82) is 0 Å². The number of rotatable bonds is 4. The van der Waals surface area contributed by atoms with Gasteiger partial charge in [-0.25, -0.2) is 9.37 Å². The number of hydrogen-bond donors (Lipinski definition) is 2. The average Bonchev–Trinajstić information content (AvgIpc) is 3.17. The van der Waals surface area contributed by atoms with E-state index in [-0.39, 0.29) is 16.8 Å². The largest absolute Gasteiger partial charge is 0.496 e. The fourth-order valence-corrected chi connectivity index (χ4v) is 3.37.